The molecule has 1 aliphatic heterocycles. The maximum Gasteiger partial charge on any atom is 0.410 e. The summed E-state index contributed by atoms with van der Waals surface area (Å²) in [5.41, 5.74) is 0.602. The second-order valence-electron chi connectivity index (χ2n) is 8.91. The SMILES string of the molecule is CCCC(C(=O)N1CCCC(CN(C)C(=O)OC(C)(C)C)C1)c1ccccc1. The first-order valence-electron chi connectivity index (χ1n) is 10.5. The van der Waals surface area contributed by atoms with Gasteiger partial charge in [-0.05, 0) is 51.5 Å². The Morgan fingerprint density at radius 1 is 1.25 bits per heavy atom. The summed E-state index contributed by atoms with van der Waals surface area (Å²) in [5, 5.41) is 0. The highest BCUT2D eigenvalue weighted by molar-refractivity contribution is 5.83. The number of amides is 2. The van der Waals surface area contributed by atoms with Gasteiger partial charge in [-0.2, -0.15) is 0 Å². The Labute approximate surface area is 170 Å². The molecule has 0 bridgehead atoms. The molecule has 0 spiro atoms. The fraction of sp³-hybridized carbons (Fsp3) is 0.652. The molecule has 0 N–H and O–H groups in total. The second-order valence-corrected chi connectivity index (χ2v) is 8.91. The van der Waals surface area contributed by atoms with Crippen molar-refractivity contribution in [2.24, 2.45) is 5.92 Å². The number of nitrogens with zero attached hydrogens (tertiary/aromatic N) is 2. The van der Waals surface area contributed by atoms with Crippen LogP contribution in [0.5, 0.6) is 0 Å². The summed E-state index contributed by atoms with van der Waals surface area (Å²) in [6, 6.07) is 10.1. The highest BCUT2D eigenvalue weighted by atomic mass is 16.6. The molecule has 1 aliphatic rings. The van der Waals surface area contributed by atoms with Gasteiger partial charge in [0.1, 0.15) is 5.60 Å². The molecule has 2 amide bonds. The molecule has 0 radical (unpaired) electrons. The monoisotopic (exact) mass is 388 g/mol. The number of hydrogen-bond donors (Lipinski definition) is 0. The zero-order valence-corrected chi connectivity index (χ0v) is 18.1. The third kappa shape index (κ3) is 6.54. The molecule has 1 aromatic carbocycles. The third-order valence-corrected chi connectivity index (χ3v) is 5.15. The number of piperidine rings is 1. The zero-order chi connectivity index (χ0) is 20.7. The smallest absolute Gasteiger partial charge is 0.410 e. The average Bonchev–Trinajstić information content (AvgIpc) is 2.65. The van der Waals surface area contributed by atoms with Gasteiger partial charge in [-0.15, -0.1) is 0 Å². The largest absolute Gasteiger partial charge is 0.444 e. The topological polar surface area (TPSA) is 49.9 Å². The zero-order valence-electron chi connectivity index (χ0n) is 18.1. The van der Waals surface area contributed by atoms with E-state index in [0.29, 0.717) is 13.1 Å². The molecule has 0 saturated carbocycles. The minimum Gasteiger partial charge on any atom is -0.444 e. The van der Waals surface area contributed by atoms with Crippen LogP contribution in [0.15, 0.2) is 30.3 Å². The molecule has 2 unspecified atom stereocenters. The van der Waals surface area contributed by atoms with Gasteiger partial charge in [-0.25, -0.2) is 4.79 Å². The molecule has 1 aromatic rings. The Morgan fingerprint density at radius 3 is 2.54 bits per heavy atom. The number of carbonyl (C=O) groups excluding carboxylic acids is 2. The Balaban J connectivity index is 1.99. The first-order valence-corrected chi connectivity index (χ1v) is 10.5. The van der Waals surface area contributed by atoms with Crippen LogP contribution in [0.3, 0.4) is 0 Å². The van der Waals surface area contributed by atoms with Gasteiger partial charge in [0.05, 0.1) is 5.92 Å². The Morgan fingerprint density at radius 2 is 1.93 bits per heavy atom. The minimum atomic E-state index is -0.497. The van der Waals surface area contributed by atoms with Crippen LogP contribution in [0, 0.1) is 5.92 Å². The van der Waals surface area contributed by atoms with Crippen LogP contribution in [0.4, 0.5) is 4.79 Å². The maximum atomic E-state index is 13.3. The van der Waals surface area contributed by atoms with Gasteiger partial charge in [0.15, 0.2) is 0 Å². The minimum absolute atomic E-state index is 0.0754. The summed E-state index contributed by atoms with van der Waals surface area (Å²) >= 11 is 0. The number of ether oxygens (including phenoxy) is 1. The molecule has 5 nitrogen and oxygen atoms in total. The van der Waals surface area contributed by atoms with Crippen LogP contribution < -0.4 is 0 Å². The number of carbonyl (C=O) groups is 2. The van der Waals surface area contributed by atoms with E-state index in [4.69, 9.17) is 4.74 Å². The van der Waals surface area contributed by atoms with Crippen molar-refractivity contribution in [3.63, 3.8) is 0 Å². The molecule has 5 heteroatoms. The molecule has 0 aromatic heterocycles. The van der Waals surface area contributed by atoms with Gasteiger partial charge < -0.3 is 14.5 Å². The van der Waals surface area contributed by atoms with Gasteiger partial charge in [-0.1, -0.05) is 43.7 Å². The van der Waals surface area contributed by atoms with Gasteiger partial charge in [0.25, 0.3) is 0 Å². The molecule has 1 saturated heterocycles. The van der Waals surface area contributed by atoms with Gasteiger partial charge >= 0.3 is 6.09 Å². The summed E-state index contributed by atoms with van der Waals surface area (Å²) < 4.78 is 5.45. The lowest BCUT2D eigenvalue weighted by Crippen LogP contribution is -2.46. The molecular weight excluding hydrogens is 352 g/mol. The third-order valence-electron chi connectivity index (χ3n) is 5.15. The van der Waals surface area contributed by atoms with Crippen molar-refractivity contribution in [1.29, 1.82) is 0 Å². The van der Waals surface area contributed by atoms with E-state index >= 15 is 0 Å². The Hall–Kier alpha value is -2.04. The standard InChI is InChI=1S/C23H36N2O3/c1-6-11-20(19-13-8-7-9-14-19)21(26)25-15-10-12-18(17-25)16-24(5)22(27)28-23(2,3)4/h7-9,13-14,18,20H,6,10-12,15-17H2,1-5H3. The van der Waals surface area contributed by atoms with Gasteiger partial charge in [0, 0.05) is 26.7 Å². The highest BCUT2D eigenvalue weighted by Gasteiger charge is 2.31. The molecule has 28 heavy (non-hydrogen) atoms. The van der Waals surface area contributed by atoms with Crippen LogP contribution in [0.25, 0.3) is 0 Å². The molecule has 1 heterocycles. The van der Waals surface area contributed by atoms with Crippen molar-refractivity contribution in [2.75, 3.05) is 26.7 Å². The summed E-state index contributed by atoms with van der Waals surface area (Å²) in [5.74, 6) is 0.430. The van der Waals surface area contributed by atoms with Crippen molar-refractivity contribution in [2.45, 2.75) is 64.9 Å². The van der Waals surface area contributed by atoms with E-state index in [1.54, 1.807) is 11.9 Å². The first kappa shape index (κ1) is 22.3. The van der Waals surface area contributed by atoms with Crippen LogP contribution in [0.1, 0.15) is 64.9 Å². The lowest BCUT2D eigenvalue weighted by Gasteiger charge is -2.37. The fourth-order valence-corrected chi connectivity index (χ4v) is 3.84. The van der Waals surface area contributed by atoms with Crippen LogP contribution in [-0.4, -0.2) is 54.1 Å². The van der Waals surface area contributed by atoms with E-state index in [9.17, 15) is 9.59 Å². The molecule has 2 atom stereocenters. The van der Waals surface area contributed by atoms with Gasteiger partial charge in [-0.3, -0.25) is 4.79 Å². The van der Waals surface area contributed by atoms with E-state index in [1.165, 1.54) is 0 Å². The number of hydrogen-bond acceptors (Lipinski definition) is 3. The van der Waals surface area contributed by atoms with Crippen molar-refractivity contribution < 1.29 is 14.3 Å². The fourth-order valence-electron chi connectivity index (χ4n) is 3.84. The molecule has 1 fully saturated rings. The van der Waals surface area contributed by atoms with E-state index in [0.717, 1.165) is 37.8 Å². The van der Waals surface area contributed by atoms with Gasteiger partial charge in [0.2, 0.25) is 5.91 Å². The average molecular weight is 389 g/mol. The van der Waals surface area contributed by atoms with E-state index in [1.807, 2.05) is 43.9 Å². The van der Waals surface area contributed by atoms with E-state index < -0.39 is 5.60 Å². The Bertz CT molecular complexity index is 639. The van der Waals surface area contributed by atoms with Crippen LogP contribution in [0.2, 0.25) is 0 Å². The highest BCUT2D eigenvalue weighted by Crippen LogP contribution is 2.27. The van der Waals surface area contributed by atoms with Crippen molar-refractivity contribution in [1.82, 2.24) is 9.80 Å². The summed E-state index contributed by atoms with van der Waals surface area (Å²) in [6.45, 7) is 9.86. The number of benzene rings is 1. The summed E-state index contributed by atoms with van der Waals surface area (Å²) in [6.07, 6.45) is 3.54. The molecule has 2 rings (SSSR count). The van der Waals surface area contributed by atoms with E-state index in [2.05, 4.69) is 19.1 Å². The quantitative estimate of drug-likeness (QED) is 0.711. The van der Waals surface area contributed by atoms with Crippen molar-refractivity contribution in [3.05, 3.63) is 35.9 Å². The van der Waals surface area contributed by atoms with Crippen molar-refractivity contribution >= 4 is 12.0 Å². The number of likely N-dealkylation sites (tertiary alicyclic amines) is 1. The van der Waals surface area contributed by atoms with E-state index in [-0.39, 0.29) is 23.8 Å². The first-order chi connectivity index (χ1) is 13.2. The predicted octanol–water partition coefficient (Wildman–Crippen LogP) is 4.68. The lowest BCUT2D eigenvalue weighted by molar-refractivity contribution is -0.135. The second kappa shape index (κ2) is 9.94. The molecular formula is C23H36N2O3. The number of rotatable bonds is 6. The predicted molar refractivity (Wildman–Crippen MR) is 112 cm³/mol. The van der Waals surface area contributed by atoms with Crippen molar-refractivity contribution in [3.8, 4) is 0 Å². The van der Waals surface area contributed by atoms with Crippen LogP contribution in [-0.2, 0) is 9.53 Å². The maximum absolute atomic E-state index is 13.3. The Kier molecular flexibility index (Phi) is 7.90. The summed E-state index contributed by atoms with van der Waals surface area (Å²) in [7, 11) is 1.78. The molecule has 0 aliphatic carbocycles. The molecule has 156 valence electrons. The van der Waals surface area contributed by atoms with Crippen LogP contribution >= 0.6 is 0 Å². The lowest BCUT2D eigenvalue weighted by atomic mass is 9.90. The summed E-state index contributed by atoms with van der Waals surface area (Å²) in [4.78, 5) is 29.2. The normalized spacial score (nSPS) is 18.5.